The highest BCUT2D eigenvalue weighted by Gasteiger charge is 2.16. The van der Waals surface area contributed by atoms with E-state index in [0.29, 0.717) is 17.3 Å². The number of fused-ring (bicyclic) bond motifs is 1. The number of thiophene rings is 1. The Morgan fingerprint density at radius 1 is 1.07 bits per heavy atom. The van der Waals surface area contributed by atoms with E-state index in [0.717, 1.165) is 20.0 Å². The minimum absolute atomic E-state index is 0.0962. The lowest BCUT2D eigenvalue weighted by molar-refractivity contribution is -0.387. The molecular weight excluding hydrogens is 394 g/mol. The molecule has 4 aromatic rings. The van der Waals surface area contributed by atoms with Crippen molar-refractivity contribution in [2.24, 2.45) is 0 Å². The summed E-state index contributed by atoms with van der Waals surface area (Å²) in [4.78, 5) is 20.9. The molecular formula is C19H15N5O2S2. The van der Waals surface area contributed by atoms with Crippen molar-refractivity contribution in [2.75, 3.05) is 5.43 Å². The number of hydrogen-bond acceptors (Lipinski definition) is 8. The largest absolute Gasteiger partial charge is 0.305 e. The molecule has 0 saturated heterocycles. The van der Waals surface area contributed by atoms with Crippen LogP contribution in [0.15, 0.2) is 76.1 Å². The summed E-state index contributed by atoms with van der Waals surface area (Å²) in [7, 11) is 0. The Morgan fingerprint density at radius 3 is 2.68 bits per heavy atom. The van der Waals surface area contributed by atoms with Crippen molar-refractivity contribution in [3.8, 4) is 0 Å². The number of para-hydroxylation sites is 1. The maximum Gasteiger partial charge on any atom is 0.283 e. The van der Waals surface area contributed by atoms with Crippen LogP contribution in [0.5, 0.6) is 0 Å². The van der Waals surface area contributed by atoms with Crippen molar-refractivity contribution >= 4 is 44.8 Å². The van der Waals surface area contributed by atoms with Gasteiger partial charge in [-0.25, -0.2) is 15.4 Å². The summed E-state index contributed by atoms with van der Waals surface area (Å²) in [5, 5.41) is 12.1. The molecule has 0 unspecified atom stereocenters. The molecule has 140 valence electrons. The normalized spacial score (nSPS) is 10.9. The van der Waals surface area contributed by atoms with E-state index in [2.05, 4.69) is 20.8 Å². The summed E-state index contributed by atoms with van der Waals surface area (Å²) in [6.07, 6.45) is 1.50. The Morgan fingerprint density at radius 2 is 1.86 bits per heavy atom. The molecule has 0 radical (unpaired) electrons. The predicted molar refractivity (Wildman–Crippen MR) is 112 cm³/mol. The van der Waals surface area contributed by atoms with E-state index in [4.69, 9.17) is 0 Å². The lowest BCUT2D eigenvalue weighted by Gasteiger charge is -2.08. The Hall–Kier alpha value is -3.01. The van der Waals surface area contributed by atoms with E-state index in [1.807, 2.05) is 36.4 Å². The van der Waals surface area contributed by atoms with Crippen molar-refractivity contribution < 1.29 is 4.92 Å². The Balaban J connectivity index is 1.53. The first-order valence-electron chi connectivity index (χ1n) is 8.39. The smallest absolute Gasteiger partial charge is 0.283 e. The van der Waals surface area contributed by atoms with Crippen LogP contribution in [0, 0.1) is 10.1 Å². The van der Waals surface area contributed by atoms with Gasteiger partial charge in [0.2, 0.25) is 0 Å². The third-order valence-corrected chi connectivity index (χ3v) is 6.14. The number of rotatable bonds is 7. The fourth-order valence-corrected chi connectivity index (χ4v) is 4.80. The van der Waals surface area contributed by atoms with E-state index in [9.17, 15) is 10.1 Å². The molecule has 2 heterocycles. The van der Waals surface area contributed by atoms with Crippen molar-refractivity contribution in [3.63, 3.8) is 0 Å². The fourth-order valence-electron chi connectivity index (χ4n) is 2.61. The second-order valence-corrected chi connectivity index (χ2v) is 8.17. The molecule has 4 rings (SSSR count). The highest BCUT2D eigenvalue weighted by molar-refractivity contribution is 8.01. The van der Waals surface area contributed by atoms with Gasteiger partial charge in [0.25, 0.3) is 5.69 Å². The summed E-state index contributed by atoms with van der Waals surface area (Å²) in [5.74, 6) is 0.673. The molecule has 2 N–H and O–H groups in total. The van der Waals surface area contributed by atoms with Crippen molar-refractivity contribution in [1.82, 2.24) is 15.4 Å². The number of nitro groups is 1. The van der Waals surface area contributed by atoms with E-state index >= 15 is 0 Å². The van der Waals surface area contributed by atoms with Crippen LogP contribution in [-0.4, -0.2) is 14.9 Å². The van der Waals surface area contributed by atoms with Crippen LogP contribution in [0.2, 0.25) is 0 Å². The molecule has 0 spiro atoms. The number of hydrogen-bond donors (Lipinski definition) is 2. The third kappa shape index (κ3) is 4.11. The topological polar surface area (TPSA) is 93.0 Å². The fraction of sp³-hybridized carbons (Fsp3) is 0.0526. The molecule has 0 atom stereocenters. The molecule has 0 bridgehead atoms. The van der Waals surface area contributed by atoms with Gasteiger partial charge in [0, 0.05) is 12.6 Å². The molecule has 0 saturated carbocycles. The van der Waals surface area contributed by atoms with Gasteiger partial charge in [-0.1, -0.05) is 54.2 Å². The standard InChI is InChI=1S/C19H15N5O2S2/c25-24(26)15-8-4-5-9-16(15)27-17-10-14-18(20-12-21-19(14)28-17)23-22-11-13-6-2-1-3-7-13/h1-10,12,22H,11H2,(H,20,21,23). The highest BCUT2D eigenvalue weighted by Crippen LogP contribution is 2.41. The number of anilines is 1. The van der Waals surface area contributed by atoms with Gasteiger partial charge in [-0.15, -0.1) is 11.3 Å². The first kappa shape index (κ1) is 18.4. The minimum Gasteiger partial charge on any atom is -0.305 e. The second-order valence-electron chi connectivity index (χ2n) is 5.80. The SMILES string of the molecule is O=[N+]([O-])c1ccccc1Sc1cc2c(NNCc3ccccc3)ncnc2s1. The van der Waals surface area contributed by atoms with E-state index in [1.165, 1.54) is 35.5 Å². The van der Waals surface area contributed by atoms with Gasteiger partial charge in [-0.2, -0.15) is 0 Å². The van der Waals surface area contributed by atoms with Crippen molar-refractivity contribution in [3.05, 3.63) is 82.7 Å². The molecule has 2 aromatic heterocycles. The zero-order chi connectivity index (χ0) is 19.3. The van der Waals surface area contributed by atoms with Crippen LogP contribution in [0.3, 0.4) is 0 Å². The number of hydrazine groups is 1. The summed E-state index contributed by atoms with van der Waals surface area (Å²) in [6.45, 7) is 0.647. The quantitative estimate of drug-likeness (QED) is 0.332. The maximum atomic E-state index is 11.2. The summed E-state index contributed by atoms with van der Waals surface area (Å²) in [5.41, 5.74) is 7.54. The average molecular weight is 409 g/mol. The number of aromatic nitrogens is 2. The van der Waals surface area contributed by atoms with Gasteiger partial charge in [0.1, 0.15) is 11.2 Å². The molecule has 0 fully saturated rings. The molecule has 0 aliphatic heterocycles. The summed E-state index contributed by atoms with van der Waals surface area (Å²) >= 11 is 2.84. The van der Waals surface area contributed by atoms with E-state index in [-0.39, 0.29) is 10.6 Å². The van der Waals surface area contributed by atoms with Gasteiger partial charge in [0.15, 0.2) is 5.82 Å². The zero-order valence-corrected chi connectivity index (χ0v) is 16.2. The zero-order valence-electron chi connectivity index (χ0n) is 14.5. The third-order valence-electron chi connectivity index (χ3n) is 3.92. The van der Waals surface area contributed by atoms with Gasteiger partial charge in [0.05, 0.1) is 19.4 Å². The van der Waals surface area contributed by atoms with Crippen molar-refractivity contribution in [2.45, 2.75) is 15.6 Å². The van der Waals surface area contributed by atoms with Crippen LogP contribution < -0.4 is 10.9 Å². The Labute approximate surface area is 169 Å². The van der Waals surface area contributed by atoms with Crippen LogP contribution in [0.1, 0.15) is 5.56 Å². The number of nitrogens with zero attached hydrogens (tertiary/aromatic N) is 3. The van der Waals surface area contributed by atoms with E-state index in [1.54, 1.807) is 18.2 Å². The lowest BCUT2D eigenvalue weighted by Crippen LogP contribution is -2.21. The van der Waals surface area contributed by atoms with Crippen molar-refractivity contribution in [1.29, 1.82) is 0 Å². The van der Waals surface area contributed by atoms with Gasteiger partial charge in [-0.3, -0.25) is 10.1 Å². The summed E-state index contributed by atoms with van der Waals surface area (Å²) < 4.78 is 0.913. The molecule has 9 heteroatoms. The molecule has 0 aliphatic rings. The number of benzene rings is 2. The lowest BCUT2D eigenvalue weighted by atomic mass is 10.2. The molecule has 0 aliphatic carbocycles. The maximum absolute atomic E-state index is 11.2. The van der Waals surface area contributed by atoms with Gasteiger partial charge >= 0.3 is 0 Å². The van der Waals surface area contributed by atoms with Crippen LogP contribution in [0.25, 0.3) is 10.2 Å². The molecule has 0 amide bonds. The second kappa shape index (κ2) is 8.34. The van der Waals surface area contributed by atoms with Gasteiger partial charge in [-0.05, 0) is 17.7 Å². The van der Waals surface area contributed by atoms with E-state index < -0.39 is 0 Å². The monoisotopic (exact) mass is 409 g/mol. The molecule has 2 aromatic carbocycles. The Kier molecular flexibility index (Phi) is 5.47. The summed E-state index contributed by atoms with van der Waals surface area (Å²) in [6, 6.07) is 18.7. The van der Waals surface area contributed by atoms with Gasteiger partial charge < -0.3 is 5.43 Å². The first-order chi connectivity index (χ1) is 13.7. The highest BCUT2D eigenvalue weighted by atomic mass is 32.2. The van der Waals surface area contributed by atoms with Crippen LogP contribution in [-0.2, 0) is 6.54 Å². The Bertz CT molecular complexity index is 1120. The first-order valence-corrected chi connectivity index (χ1v) is 10.0. The van der Waals surface area contributed by atoms with Crippen LogP contribution >= 0.6 is 23.1 Å². The predicted octanol–water partition coefficient (Wildman–Crippen LogP) is 4.87. The molecule has 7 nitrogen and oxygen atoms in total. The number of nitrogens with one attached hydrogen (secondary N) is 2. The minimum atomic E-state index is -0.365. The molecule has 28 heavy (non-hydrogen) atoms. The number of nitro benzene ring substituents is 1. The van der Waals surface area contributed by atoms with Crippen LogP contribution in [0.4, 0.5) is 11.5 Å². The average Bonchev–Trinajstić information content (AvgIpc) is 3.12.